The highest BCUT2D eigenvalue weighted by Gasteiger charge is 2.55. The zero-order valence-corrected chi connectivity index (χ0v) is 16.2. The predicted octanol–water partition coefficient (Wildman–Crippen LogP) is 3.87. The minimum absolute atomic E-state index is 0.0212. The van der Waals surface area contributed by atoms with Crippen molar-refractivity contribution >= 4 is 12.0 Å². The Kier molecular flexibility index (Phi) is 5.11. The number of benzene rings is 1. The summed E-state index contributed by atoms with van der Waals surface area (Å²) in [5, 5.41) is 2.88. The first-order chi connectivity index (χ1) is 13.1. The van der Waals surface area contributed by atoms with Crippen LogP contribution in [-0.2, 0) is 16.1 Å². The number of amides is 2. The average Bonchev–Trinajstić information content (AvgIpc) is 3.04. The van der Waals surface area contributed by atoms with E-state index < -0.39 is 0 Å². The zero-order chi connectivity index (χ0) is 18.9. The fourth-order valence-electron chi connectivity index (χ4n) is 5.76. The molecule has 146 valence electrons. The number of ether oxygens (including phenoxy) is 1. The van der Waals surface area contributed by atoms with Crippen LogP contribution < -0.4 is 5.32 Å². The number of hydrogen-bond donors (Lipinski definition) is 1. The van der Waals surface area contributed by atoms with Crippen LogP contribution in [0, 0.1) is 11.8 Å². The van der Waals surface area contributed by atoms with Gasteiger partial charge in [0.25, 0.3) is 0 Å². The summed E-state index contributed by atoms with van der Waals surface area (Å²) < 4.78 is 5.83. The highest BCUT2D eigenvalue weighted by atomic mass is 16.6. The van der Waals surface area contributed by atoms with Gasteiger partial charge in [-0.2, -0.15) is 0 Å². The SMILES string of the molecule is C[C@H]1[C@@H](OC(=O)NCc2ccccc2)CC[C@@]23CCCN2C(=O)CCC[C@@H]13. The molecule has 5 heteroatoms. The van der Waals surface area contributed by atoms with E-state index in [0.717, 1.165) is 50.6 Å². The summed E-state index contributed by atoms with van der Waals surface area (Å²) in [5.74, 6) is 1.06. The van der Waals surface area contributed by atoms with Crippen LogP contribution >= 0.6 is 0 Å². The minimum atomic E-state index is -0.334. The summed E-state index contributed by atoms with van der Waals surface area (Å²) in [4.78, 5) is 27.1. The number of carbonyl (C=O) groups excluding carboxylic acids is 2. The van der Waals surface area contributed by atoms with Crippen molar-refractivity contribution in [3.63, 3.8) is 0 Å². The lowest BCUT2D eigenvalue weighted by atomic mass is 9.64. The molecule has 2 saturated heterocycles. The Bertz CT molecular complexity index is 692. The third-order valence-corrected chi connectivity index (χ3v) is 7.05. The molecule has 5 nitrogen and oxygen atoms in total. The Balaban J connectivity index is 1.40. The van der Waals surface area contributed by atoms with Crippen molar-refractivity contribution in [1.29, 1.82) is 0 Å². The largest absolute Gasteiger partial charge is 0.446 e. The fourth-order valence-corrected chi connectivity index (χ4v) is 5.76. The van der Waals surface area contributed by atoms with Crippen LogP contribution in [0.4, 0.5) is 4.79 Å². The predicted molar refractivity (Wildman–Crippen MR) is 103 cm³/mol. The van der Waals surface area contributed by atoms with Crippen LogP contribution in [0.15, 0.2) is 30.3 Å². The van der Waals surface area contributed by atoms with Crippen LogP contribution in [0.3, 0.4) is 0 Å². The van der Waals surface area contributed by atoms with Crippen LogP contribution in [0.25, 0.3) is 0 Å². The van der Waals surface area contributed by atoms with Gasteiger partial charge >= 0.3 is 6.09 Å². The molecule has 3 fully saturated rings. The molecule has 1 saturated carbocycles. The van der Waals surface area contributed by atoms with Gasteiger partial charge in [-0.3, -0.25) is 4.79 Å². The Hall–Kier alpha value is -2.04. The lowest BCUT2D eigenvalue weighted by Crippen LogP contribution is -2.58. The minimum Gasteiger partial charge on any atom is -0.446 e. The van der Waals surface area contributed by atoms with Gasteiger partial charge in [-0.05, 0) is 55.9 Å². The van der Waals surface area contributed by atoms with E-state index in [9.17, 15) is 9.59 Å². The van der Waals surface area contributed by atoms with Gasteiger partial charge < -0.3 is 15.0 Å². The Morgan fingerprint density at radius 3 is 2.85 bits per heavy atom. The van der Waals surface area contributed by atoms with Gasteiger partial charge in [0.05, 0.1) is 0 Å². The normalized spacial score (nSPS) is 33.0. The highest BCUT2D eigenvalue weighted by molar-refractivity contribution is 5.78. The molecule has 1 aromatic carbocycles. The molecule has 1 aromatic rings. The molecule has 3 aliphatic rings. The third kappa shape index (κ3) is 3.44. The smallest absolute Gasteiger partial charge is 0.407 e. The van der Waals surface area contributed by atoms with Crippen LogP contribution in [0.2, 0.25) is 0 Å². The summed E-state index contributed by atoms with van der Waals surface area (Å²) in [7, 11) is 0. The van der Waals surface area contributed by atoms with Crippen LogP contribution in [-0.4, -0.2) is 35.1 Å². The van der Waals surface area contributed by atoms with E-state index in [4.69, 9.17) is 4.74 Å². The molecule has 0 radical (unpaired) electrons. The van der Waals surface area contributed by atoms with Gasteiger partial charge in [0.15, 0.2) is 0 Å². The molecule has 1 N–H and O–H groups in total. The van der Waals surface area contributed by atoms with E-state index in [0.29, 0.717) is 24.8 Å². The van der Waals surface area contributed by atoms with Crippen molar-refractivity contribution in [3.8, 4) is 0 Å². The lowest BCUT2D eigenvalue weighted by molar-refractivity contribution is -0.140. The Labute approximate surface area is 161 Å². The summed E-state index contributed by atoms with van der Waals surface area (Å²) in [6, 6.07) is 9.87. The van der Waals surface area contributed by atoms with E-state index in [1.807, 2.05) is 30.3 Å². The van der Waals surface area contributed by atoms with Gasteiger partial charge in [0.2, 0.25) is 5.91 Å². The first-order valence-electron chi connectivity index (χ1n) is 10.4. The zero-order valence-electron chi connectivity index (χ0n) is 16.2. The Morgan fingerprint density at radius 2 is 2.04 bits per heavy atom. The second kappa shape index (κ2) is 7.53. The summed E-state index contributed by atoms with van der Waals surface area (Å²) >= 11 is 0. The first-order valence-corrected chi connectivity index (χ1v) is 10.4. The molecule has 2 aliphatic heterocycles. The third-order valence-electron chi connectivity index (χ3n) is 7.05. The molecule has 27 heavy (non-hydrogen) atoms. The van der Waals surface area contributed by atoms with Gasteiger partial charge in [0, 0.05) is 25.0 Å². The average molecular weight is 370 g/mol. The van der Waals surface area contributed by atoms with Crippen molar-refractivity contribution < 1.29 is 14.3 Å². The van der Waals surface area contributed by atoms with E-state index >= 15 is 0 Å². The van der Waals surface area contributed by atoms with Crippen LogP contribution in [0.1, 0.15) is 57.4 Å². The molecule has 2 amide bonds. The standard InChI is InChI=1S/C22H30N2O3/c1-16-18-9-5-10-20(25)24-14-6-12-22(18,24)13-11-19(16)27-21(26)23-15-17-7-3-2-4-8-17/h2-4,7-8,16,18-19H,5-6,9-15H2,1H3,(H,23,26)/t16-,18+,19+,22-/m1/s1. The van der Waals surface area contributed by atoms with E-state index in [1.54, 1.807) is 0 Å². The molecule has 0 unspecified atom stereocenters. The number of carbonyl (C=O) groups is 2. The molecule has 0 bridgehead atoms. The number of nitrogens with one attached hydrogen (secondary N) is 1. The fraction of sp³-hybridized carbons (Fsp3) is 0.636. The van der Waals surface area contributed by atoms with E-state index in [2.05, 4.69) is 17.1 Å². The highest BCUT2D eigenvalue weighted by Crippen LogP contribution is 2.52. The first kappa shape index (κ1) is 18.3. The van der Waals surface area contributed by atoms with Gasteiger partial charge in [-0.1, -0.05) is 37.3 Å². The number of hydrogen-bond acceptors (Lipinski definition) is 3. The molecule has 1 spiro atoms. The van der Waals surface area contributed by atoms with Crippen molar-refractivity contribution in [3.05, 3.63) is 35.9 Å². The van der Waals surface area contributed by atoms with Gasteiger partial charge in [-0.25, -0.2) is 4.79 Å². The van der Waals surface area contributed by atoms with Crippen molar-refractivity contribution in [2.24, 2.45) is 11.8 Å². The lowest BCUT2D eigenvalue weighted by Gasteiger charge is -2.51. The van der Waals surface area contributed by atoms with E-state index in [-0.39, 0.29) is 23.7 Å². The molecular formula is C22H30N2O3. The maximum absolute atomic E-state index is 12.6. The Morgan fingerprint density at radius 1 is 1.22 bits per heavy atom. The molecule has 1 aliphatic carbocycles. The van der Waals surface area contributed by atoms with Crippen LogP contribution in [0.5, 0.6) is 0 Å². The topological polar surface area (TPSA) is 58.6 Å². The van der Waals surface area contributed by atoms with Gasteiger partial charge in [0.1, 0.15) is 6.10 Å². The van der Waals surface area contributed by atoms with Crippen molar-refractivity contribution in [2.45, 2.75) is 70.1 Å². The molecular weight excluding hydrogens is 340 g/mol. The maximum Gasteiger partial charge on any atom is 0.407 e. The van der Waals surface area contributed by atoms with Crippen molar-refractivity contribution in [2.75, 3.05) is 6.54 Å². The molecule has 2 heterocycles. The van der Waals surface area contributed by atoms with Crippen molar-refractivity contribution in [1.82, 2.24) is 10.2 Å². The molecule has 4 atom stereocenters. The summed E-state index contributed by atoms with van der Waals surface area (Å²) in [5.41, 5.74) is 1.09. The quantitative estimate of drug-likeness (QED) is 0.879. The number of alkyl carbamates (subject to hydrolysis) is 1. The van der Waals surface area contributed by atoms with Gasteiger partial charge in [-0.15, -0.1) is 0 Å². The second-order valence-electron chi connectivity index (χ2n) is 8.43. The monoisotopic (exact) mass is 370 g/mol. The number of rotatable bonds is 3. The second-order valence-corrected chi connectivity index (χ2v) is 8.43. The number of nitrogens with zero attached hydrogens (tertiary/aromatic N) is 1. The summed E-state index contributed by atoms with van der Waals surface area (Å²) in [6.07, 6.45) is 6.33. The summed E-state index contributed by atoms with van der Waals surface area (Å²) in [6.45, 7) is 3.61. The van der Waals surface area contributed by atoms with E-state index in [1.165, 1.54) is 0 Å². The molecule has 4 rings (SSSR count). The molecule has 0 aromatic heterocycles. The maximum atomic E-state index is 12.6.